The quantitative estimate of drug-likeness (QED) is 0.873. The van der Waals surface area contributed by atoms with Crippen LogP contribution in [0.3, 0.4) is 0 Å². The molecule has 0 atom stereocenters. The summed E-state index contributed by atoms with van der Waals surface area (Å²) in [4.78, 5) is 3.78. The molecule has 0 saturated heterocycles. The molecule has 88 valence electrons. The van der Waals surface area contributed by atoms with Crippen molar-refractivity contribution in [3.63, 3.8) is 0 Å². The van der Waals surface area contributed by atoms with Crippen LogP contribution in [0, 0.1) is 5.82 Å². The van der Waals surface area contributed by atoms with Gasteiger partial charge in [-0.3, -0.25) is 0 Å². The first-order valence-corrected chi connectivity index (χ1v) is 5.52. The Morgan fingerprint density at radius 2 is 2.24 bits per heavy atom. The Kier molecular flexibility index (Phi) is 2.22. The zero-order valence-corrected chi connectivity index (χ0v) is 9.17. The second kappa shape index (κ2) is 3.63. The normalized spacial score (nSPS) is 17.1. The molecule has 1 heterocycles. The van der Waals surface area contributed by atoms with Gasteiger partial charge in [-0.25, -0.2) is 14.1 Å². The summed E-state index contributed by atoms with van der Waals surface area (Å²) in [7, 11) is 0. The molecule has 17 heavy (non-hydrogen) atoms. The number of nitrogens with zero attached hydrogens (tertiary/aromatic N) is 3. The van der Waals surface area contributed by atoms with E-state index in [2.05, 4.69) is 10.1 Å². The van der Waals surface area contributed by atoms with E-state index in [-0.39, 0.29) is 5.82 Å². The van der Waals surface area contributed by atoms with Gasteiger partial charge in [0.2, 0.25) is 0 Å². The van der Waals surface area contributed by atoms with E-state index in [4.69, 9.17) is 0 Å². The second-order valence-corrected chi connectivity index (χ2v) is 4.53. The SMILES string of the molecule is OC1(Cc2ccc(-n3cncn3)c(F)c2)CC1. The van der Waals surface area contributed by atoms with Gasteiger partial charge in [0, 0.05) is 6.42 Å². The standard InChI is InChI=1S/C12H12FN3O/c13-10-5-9(6-12(17)3-4-12)1-2-11(10)16-8-14-7-15-16/h1-2,5,7-8,17H,3-4,6H2. The number of benzene rings is 1. The minimum Gasteiger partial charge on any atom is -0.390 e. The number of halogens is 1. The first-order valence-electron chi connectivity index (χ1n) is 5.52. The lowest BCUT2D eigenvalue weighted by molar-refractivity contribution is 0.151. The highest BCUT2D eigenvalue weighted by Gasteiger charge is 2.40. The van der Waals surface area contributed by atoms with Crippen molar-refractivity contribution in [2.45, 2.75) is 24.9 Å². The van der Waals surface area contributed by atoms with Crippen molar-refractivity contribution in [1.29, 1.82) is 0 Å². The summed E-state index contributed by atoms with van der Waals surface area (Å²) in [5.74, 6) is -0.350. The van der Waals surface area contributed by atoms with Crippen molar-refractivity contribution in [2.75, 3.05) is 0 Å². The summed E-state index contributed by atoms with van der Waals surface area (Å²) in [6.07, 6.45) is 4.94. The van der Waals surface area contributed by atoms with E-state index < -0.39 is 5.60 Å². The Hall–Kier alpha value is -1.75. The van der Waals surface area contributed by atoms with Crippen LogP contribution in [0.1, 0.15) is 18.4 Å². The van der Waals surface area contributed by atoms with Gasteiger partial charge in [0.05, 0.1) is 5.60 Å². The van der Waals surface area contributed by atoms with Crippen LogP contribution in [0.2, 0.25) is 0 Å². The van der Waals surface area contributed by atoms with Gasteiger partial charge in [-0.05, 0) is 30.5 Å². The fraction of sp³-hybridized carbons (Fsp3) is 0.333. The predicted octanol–water partition coefficient (Wildman–Crippen LogP) is 1.47. The predicted molar refractivity (Wildman–Crippen MR) is 59.2 cm³/mol. The van der Waals surface area contributed by atoms with Crippen molar-refractivity contribution in [2.24, 2.45) is 0 Å². The highest BCUT2D eigenvalue weighted by molar-refractivity contribution is 5.36. The van der Waals surface area contributed by atoms with E-state index in [1.807, 2.05) is 6.07 Å². The molecule has 1 aromatic carbocycles. The van der Waals surface area contributed by atoms with Crippen molar-refractivity contribution >= 4 is 0 Å². The molecule has 1 aliphatic carbocycles. The lowest BCUT2D eigenvalue weighted by Gasteiger charge is -2.09. The lowest BCUT2D eigenvalue weighted by Crippen LogP contribution is -2.11. The highest BCUT2D eigenvalue weighted by Crippen LogP contribution is 2.38. The van der Waals surface area contributed by atoms with E-state index in [1.165, 1.54) is 23.4 Å². The molecule has 0 spiro atoms. The fourth-order valence-corrected chi connectivity index (χ4v) is 1.88. The van der Waals surface area contributed by atoms with Gasteiger partial charge in [-0.15, -0.1) is 0 Å². The summed E-state index contributed by atoms with van der Waals surface area (Å²) in [6, 6.07) is 4.93. The van der Waals surface area contributed by atoms with E-state index in [0.29, 0.717) is 12.1 Å². The van der Waals surface area contributed by atoms with Crippen molar-refractivity contribution < 1.29 is 9.50 Å². The van der Waals surface area contributed by atoms with E-state index in [9.17, 15) is 9.50 Å². The lowest BCUT2D eigenvalue weighted by atomic mass is 10.1. The van der Waals surface area contributed by atoms with Gasteiger partial charge in [0.15, 0.2) is 0 Å². The van der Waals surface area contributed by atoms with Crippen LogP contribution in [-0.4, -0.2) is 25.5 Å². The van der Waals surface area contributed by atoms with E-state index >= 15 is 0 Å². The van der Waals surface area contributed by atoms with Gasteiger partial charge < -0.3 is 5.11 Å². The fourth-order valence-electron chi connectivity index (χ4n) is 1.88. The van der Waals surface area contributed by atoms with Gasteiger partial charge in [-0.2, -0.15) is 5.10 Å². The molecule has 0 radical (unpaired) electrons. The summed E-state index contributed by atoms with van der Waals surface area (Å²) < 4.78 is 15.2. The molecule has 4 nitrogen and oxygen atoms in total. The molecule has 0 aliphatic heterocycles. The average molecular weight is 233 g/mol. The Bertz CT molecular complexity index is 535. The van der Waals surface area contributed by atoms with Crippen LogP contribution < -0.4 is 0 Å². The molecular formula is C12H12FN3O. The minimum absolute atomic E-state index is 0.350. The van der Waals surface area contributed by atoms with Gasteiger partial charge in [0.25, 0.3) is 0 Å². The summed E-state index contributed by atoms with van der Waals surface area (Å²) in [5, 5.41) is 13.7. The molecule has 2 aromatic rings. The molecule has 3 rings (SSSR count). The van der Waals surface area contributed by atoms with Crippen LogP contribution in [0.4, 0.5) is 4.39 Å². The first-order chi connectivity index (χ1) is 8.16. The molecule has 1 N–H and O–H groups in total. The Labute approximate surface area is 97.7 Å². The summed E-state index contributed by atoms with van der Waals surface area (Å²) in [5.41, 5.74) is 0.585. The van der Waals surface area contributed by atoms with Crippen LogP contribution in [0.5, 0.6) is 0 Å². The molecular weight excluding hydrogens is 221 g/mol. The smallest absolute Gasteiger partial charge is 0.149 e. The Morgan fingerprint density at radius 1 is 1.41 bits per heavy atom. The largest absolute Gasteiger partial charge is 0.390 e. The molecule has 0 unspecified atom stereocenters. The monoisotopic (exact) mass is 233 g/mol. The van der Waals surface area contributed by atoms with E-state index in [1.54, 1.807) is 6.07 Å². The van der Waals surface area contributed by atoms with Crippen LogP contribution in [0.25, 0.3) is 5.69 Å². The maximum absolute atomic E-state index is 13.8. The first kappa shape index (κ1) is 10.4. The third kappa shape index (κ3) is 2.06. The van der Waals surface area contributed by atoms with Gasteiger partial charge in [-0.1, -0.05) is 6.07 Å². The molecule has 1 aliphatic rings. The second-order valence-electron chi connectivity index (χ2n) is 4.53. The zero-order valence-electron chi connectivity index (χ0n) is 9.17. The molecule has 0 bridgehead atoms. The Balaban J connectivity index is 1.89. The average Bonchev–Trinajstić information content (AvgIpc) is 2.81. The molecule has 0 amide bonds. The molecule has 1 saturated carbocycles. The van der Waals surface area contributed by atoms with Gasteiger partial charge >= 0.3 is 0 Å². The zero-order chi connectivity index (χ0) is 11.9. The number of rotatable bonds is 3. The van der Waals surface area contributed by atoms with Crippen molar-refractivity contribution in [3.05, 3.63) is 42.2 Å². The van der Waals surface area contributed by atoms with Crippen molar-refractivity contribution in [1.82, 2.24) is 14.8 Å². The topological polar surface area (TPSA) is 50.9 Å². The van der Waals surface area contributed by atoms with Gasteiger partial charge in [0.1, 0.15) is 24.2 Å². The molecule has 5 heteroatoms. The third-order valence-corrected chi connectivity index (χ3v) is 3.04. The summed E-state index contributed by atoms with van der Waals surface area (Å²) >= 11 is 0. The Morgan fingerprint density at radius 3 is 2.82 bits per heavy atom. The number of hydrogen-bond acceptors (Lipinski definition) is 3. The van der Waals surface area contributed by atoms with Crippen LogP contribution in [0.15, 0.2) is 30.9 Å². The number of hydrogen-bond donors (Lipinski definition) is 1. The molecule has 1 aromatic heterocycles. The van der Waals surface area contributed by atoms with Crippen molar-refractivity contribution in [3.8, 4) is 5.69 Å². The van der Waals surface area contributed by atoms with Crippen LogP contribution >= 0.6 is 0 Å². The third-order valence-electron chi connectivity index (χ3n) is 3.04. The van der Waals surface area contributed by atoms with E-state index in [0.717, 1.165) is 18.4 Å². The number of aromatic nitrogens is 3. The maximum atomic E-state index is 13.8. The van der Waals surface area contributed by atoms with Crippen LogP contribution in [-0.2, 0) is 6.42 Å². The number of aliphatic hydroxyl groups is 1. The molecule has 1 fully saturated rings. The highest BCUT2D eigenvalue weighted by atomic mass is 19.1. The maximum Gasteiger partial charge on any atom is 0.149 e. The minimum atomic E-state index is -0.596. The summed E-state index contributed by atoms with van der Waals surface area (Å²) in [6.45, 7) is 0.